The van der Waals surface area contributed by atoms with Gasteiger partial charge in [0, 0.05) is 13.1 Å². The molecule has 4 nitrogen and oxygen atoms in total. The van der Waals surface area contributed by atoms with Crippen LogP contribution < -0.4 is 10.5 Å². The molecular weight excluding hydrogens is 324 g/mol. The zero-order chi connectivity index (χ0) is 16.9. The van der Waals surface area contributed by atoms with E-state index in [1.54, 1.807) is 18.9 Å². The van der Waals surface area contributed by atoms with Crippen LogP contribution in [0.25, 0.3) is 0 Å². The van der Waals surface area contributed by atoms with Gasteiger partial charge in [-0.2, -0.15) is 0 Å². The third-order valence-electron chi connectivity index (χ3n) is 4.02. The van der Waals surface area contributed by atoms with Gasteiger partial charge in [0.2, 0.25) is 5.91 Å². The van der Waals surface area contributed by atoms with Gasteiger partial charge in [-0.25, -0.2) is 0 Å². The van der Waals surface area contributed by atoms with Crippen molar-refractivity contribution in [2.75, 3.05) is 13.7 Å². The maximum atomic E-state index is 12.9. The van der Waals surface area contributed by atoms with Crippen molar-refractivity contribution in [2.24, 2.45) is 5.73 Å². The Morgan fingerprint density at radius 2 is 1.71 bits per heavy atom. The first kappa shape index (κ1) is 20.0. The number of carbonyl (C=O) groups excluding carboxylic acids is 1. The fourth-order valence-corrected chi connectivity index (χ4v) is 2.51. The molecule has 0 aliphatic carbocycles. The van der Waals surface area contributed by atoms with Crippen molar-refractivity contribution < 1.29 is 9.53 Å². The van der Waals surface area contributed by atoms with Gasteiger partial charge in [0.25, 0.3) is 0 Å². The van der Waals surface area contributed by atoms with E-state index in [2.05, 4.69) is 0 Å². The van der Waals surface area contributed by atoms with Gasteiger partial charge in [0.05, 0.1) is 7.11 Å². The number of halogens is 1. The molecule has 0 spiro atoms. The standard InChI is InChI=1S/C19H24N2O2.ClH/c1-4-21(14-15-10-12-17(23-3)13-11-15)18(22)19(2,20)16-8-6-5-7-9-16;/h5-13H,4,14,20H2,1-3H3;1H. The minimum Gasteiger partial charge on any atom is -0.497 e. The Morgan fingerprint density at radius 3 is 2.21 bits per heavy atom. The first-order valence-corrected chi connectivity index (χ1v) is 7.75. The van der Waals surface area contributed by atoms with Crippen molar-refractivity contribution in [1.82, 2.24) is 4.90 Å². The van der Waals surface area contributed by atoms with Gasteiger partial charge in [0.1, 0.15) is 11.3 Å². The fraction of sp³-hybridized carbons (Fsp3) is 0.316. The minimum atomic E-state index is -1.04. The summed E-state index contributed by atoms with van der Waals surface area (Å²) in [5.41, 5.74) is 7.17. The molecule has 2 aromatic rings. The monoisotopic (exact) mass is 348 g/mol. The van der Waals surface area contributed by atoms with Gasteiger partial charge >= 0.3 is 0 Å². The van der Waals surface area contributed by atoms with E-state index in [0.717, 1.165) is 16.9 Å². The predicted octanol–water partition coefficient (Wildman–Crippen LogP) is 3.34. The molecule has 5 heteroatoms. The van der Waals surface area contributed by atoms with Gasteiger partial charge in [0.15, 0.2) is 0 Å². The van der Waals surface area contributed by atoms with Crippen LogP contribution in [0.1, 0.15) is 25.0 Å². The number of ether oxygens (including phenoxy) is 1. The summed E-state index contributed by atoms with van der Waals surface area (Å²) in [6.45, 7) is 4.85. The highest BCUT2D eigenvalue weighted by Crippen LogP contribution is 2.22. The molecular formula is C19H25ClN2O2. The highest BCUT2D eigenvalue weighted by atomic mass is 35.5. The fourth-order valence-electron chi connectivity index (χ4n) is 2.51. The van der Waals surface area contributed by atoms with E-state index in [9.17, 15) is 4.79 Å². The van der Waals surface area contributed by atoms with Crippen LogP contribution in [0.5, 0.6) is 5.75 Å². The van der Waals surface area contributed by atoms with Crippen LogP contribution in [-0.4, -0.2) is 24.5 Å². The number of rotatable bonds is 6. The topological polar surface area (TPSA) is 55.6 Å². The Bertz CT molecular complexity index is 642. The average molecular weight is 349 g/mol. The molecule has 0 aromatic heterocycles. The lowest BCUT2D eigenvalue weighted by Crippen LogP contribution is -2.50. The van der Waals surface area contributed by atoms with Crippen molar-refractivity contribution in [3.8, 4) is 5.75 Å². The van der Waals surface area contributed by atoms with Gasteiger partial charge in [-0.15, -0.1) is 12.4 Å². The molecule has 0 radical (unpaired) electrons. The molecule has 0 bridgehead atoms. The van der Waals surface area contributed by atoms with Crippen molar-refractivity contribution in [1.29, 1.82) is 0 Å². The van der Waals surface area contributed by atoms with E-state index in [-0.39, 0.29) is 18.3 Å². The Morgan fingerprint density at radius 1 is 1.12 bits per heavy atom. The second-order valence-electron chi connectivity index (χ2n) is 5.74. The number of hydrogen-bond donors (Lipinski definition) is 1. The smallest absolute Gasteiger partial charge is 0.247 e. The Labute approximate surface area is 150 Å². The van der Waals surface area contributed by atoms with Crippen LogP contribution in [0, 0.1) is 0 Å². The molecule has 130 valence electrons. The maximum Gasteiger partial charge on any atom is 0.247 e. The lowest BCUT2D eigenvalue weighted by Gasteiger charge is -2.31. The van der Waals surface area contributed by atoms with Crippen molar-refractivity contribution in [3.05, 3.63) is 65.7 Å². The molecule has 0 fully saturated rings. The summed E-state index contributed by atoms with van der Waals surface area (Å²) in [4.78, 5) is 14.7. The van der Waals surface area contributed by atoms with E-state index in [4.69, 9.17) is 10.5 Å². The van der Waals surface area contributed by atoms with Gasteiger partial charge in [-0.05, 0) is 37.1 Å². The van der Waals surface area contributed by atoms with Crippen LogP contribution in [0.4, 0.5) is 0 Å². The van der Waals surface area contributed by atoms with Gasteiger partial charge in [-0.1, -0.05) is 42.5 Å². The quantitative estimate of drug-likeness (QED) is 0.871. The number of carbonyl (C=O) groups is 1. The highest BCUT2D eigenvalue weighted by Gasteiger charge is 2.33. The summed E-state index contributed by atoms with van der Waals surface area (Å²) >= 11 is 0. The molecule has 0 heterocycles. The normalized spacial score (nSPS) is 12.7. The third-order valence-corrected chi connectivity index (χ3v) is 4.02. The summed E-state index contributed by atoms with van der Waals surface area (Å²) in [7, 11) is 1.64. The summed E-state index contributed by atoms with van der Waals surface area (Å²) < 4.78 is 5.16. The largest absolute Gasteiger partial charge is 0.497 e. The second-order valence-corrected chi connectivity index (χ2v) is 5.74. The third kappa shape index (κ3) is 4.49. The first-order valence-electron chi connectivity index (χ1n) is 7.75. The first-order chi connectivity index (χ1) is 11.0. The molecule has 0 aliphatic rings. The van der Waals surface area contributed by atoms with Gasteiger partial charge in [-0.3, -0.25) is 4.79 Å². The molecule has 0 saturated carbocycles. The summed E-state index contributed by atoms with van der Waals surface area (Å²) in [5, 5.41) is 0. The van der Waals surface area contributed by atoms with Crippen molar-refractivity contribution in [2.45, 2.75) is 25.9 Å². The van der Waals surface area contributed by atoms with Crippen molar-refractivity contribution >= 4 is 18.3 Å². The van der Waals surface area contributed by atoms with Crippen LogP contribution in [0.15, 0.2) is 54.6 Å². The zero-order valence-corrected chi connectivity index (χ0v) is 15.2. The minimum absolute atomic E-state index is 0. The van der Waals surface area contributed by atoms with E-state index >= 15 is 0 Å². The number of likely N-dealkylation sites (N-methyl/N-ethyl adjacent to an activating group) is 1. The van der Waals surface area contributed by atoms with Crippen LogP contribution in [0.3, 0.4) is 0 Å². The number of nitrogens with two attached hydrogens (primary N) is 1. The van der Waals surface area contributed by atoms with Crippen molar-refractivity contribution in [3.63, 3.8) is 0 Å². The van der Waals surface area contributed by atoms with Crippen LogP contribution in [0.2, 0.25) is 0 Å². The van der Waals surface area contributed by atoms with E-state index in [0.29, 0.717) is 13.1 Å². The molecule has 0 saturated heterocycles. The Kier molecular flexibility index (Phi) is 7.26. The maximum absolute atomic E-state index is 12.9. The number of amides is 1. The lowest BCUT2D eigenvalue weighted by molar-refractivity contribution is -0.137. The number of methoxy groups -OCH3 is 1. The molecule has 1 atom stereocenters. The average Bonchev–Trinajstić information content (AvgIpc) is 2.60. The molecule has 24 heavy (non-hydrogen) atoms. The zero-order valence-electron chi connectivity index (χ0n) is 14.4. The van der Waals surface area contributed by atoms with Crippen LogP contribution >= 0.6 is 12.4 Å². The molecule has 2 rings (SSSR count). The predicted molar refractivity (Wildman–Crippen MR) is 99.3 cm³/mol. The Balaban J connectivity index is 0.00000288. The van der Waals surface area contributed by atoms with Crippen LogP contribution in [-0.2, 0) is 16.9 Å². The number of hydrogen-bond acceptors (Lipinski definition) is 3. The van der Waals surface area contributed by atoms with Gasteiger partial charge < -0.3 is 15.4 Å². The molecule has 2 N–H and O–H groups in total. The lowest BCUT2D eigenvalue weighted by atomic mass is 9.91. The summed E-state index contributed by atoms with van der Waals surface area (Å²) in [6, 6.07) is 17.2. The SMILES string of the molecule is CCN(Cc1ccc(OC)cc1)C(=O)C(C)(N)c1ccccc1.Cl. The molecule has 1 amide bonds. The van der Waals surface area contributed by atoms with E-state index in [1.807, 2.05) is 61.5 Å². The molecule has 0 aliphatic heterocycles. The van der Waals surface area contributed by atoms with E-state index in [1.165, 1.54) is 0 Å². The second kappa shape index (κ2) is 8.71. The Hall–Kier alpha value is -2.04. The number of benzene rings is 2. The molecule has 1 unspecified atom stereocenters. The molecule has 2 aromatic carbocycles. The van der Waals surface area contributed by atoms with E-state index < -0.39 is 5.54 Å². The summed E-state index contributed by atoms with van der Waals surface area (Å²) in [6.07, 6.45) is 0. The highest BCUT2D eigenvalue weighted by molar-refractivity contribution is 5.87. The summed E-state index contributed by atoms with van der Waals surface area (Å²) in [5.74, 6) is 0.720. The number of nitrogens with zero attached hydrogens (tertiary/aromatic N) is 1.